The number of imidazole rings is 1. The molecule has 1 aliphatic heterocycles. The van der Waals surface area contributed by atoms with E-state index < -0.39 is 6.10 Å². The molecule has 106 valence electrons. The summed E-state index contributed by atoms with van der Waals surface area (Å²) in [6.45, 7) is 1.53. The van der Waals surface area contributed by atoms with Crippen LogP contribution in [0, 0.1) is 0 Å². The maximum atomic E-state index is 9.42. The van der Waals surface area contributed by atoms with Gasteiger partial charge in [-0.15, -0.1) is 11.6 Å². The standard InChI is InChI=1S/C15H18ClN3O/c16-8-13(20)9-17-12-5-3-11(4-6-12)14-10-18-15-2-1-7-19(14)15/h3-6,10,13,17,20H,1-2,7-9H2. The van der Waals surface area contributed by atoms with Crippen LogP contribution < -0.4 is 5.32 Å². The van der Waals surface area contributed by atoms with Gasteiger partial charge in [0, 0.05) is 25.2 Å². The fraction of sp³-hybridized carbons (Fsp3) is 0.400. The average molecular weight is 292 g/mol. The molecule has 0 bridgehead atoms. The number of hydrogen-bond donors (Lipinski definition) is 2. The fourth-order valence-corrected chi connectivity index (χ4v) is 2.65. The number of nitrogens with zero attached hydrogens (tertiary/aromatic N) is 2. The normalized spacial score (nSPS) is 15.1. The first-order valence-electron chi connectivity index (χ1n) is 6.90. The smallest absolute Gasteiger partial charge is 0.109 e. The first-order valence-corrected chi connectivity index (χ1v) is 7.44. The molecule has 0 amide bonds. The number of anilines is 1. The Labute approximate surface area is 123 Å². The Morgan fingerprint density at radius 3 is 2.90 bits per heavy atom. The highest BCUT2D eigenvalue weighted by Crippen LogP contribution is 2.26. The van der Waals surface area contributed by atoms with Crippen LogP contribution in [0.4, 0.5) is 5.69 Å². The van der Waals surface area contributed by atoms with Gasteiger partial charge in [-0.05, 0) is 24.1 Å². The van der Waals surface area contributed by atoms with Crippen molar-refractivity contribution in [3.63, 3.8) is 0 Å². The van der Waals surface area contributed by atoms with E-state index in [2.05, 4.69) is 27.0 Å². The number of benzene rings is 1. The van der Waals surface area contributed by atoms with Gasteiger partial charge >= 0.3 is 0 Å². The van der Waals surface area contributed by atoms with Crippen LogP contribution in [0.1, 0.15) is 12.2 Å². The molecule has 1 atom stereocenters. The molecule has 1 aromatic carbocycles. The molecule has 2 aromatic rings. The average Bonchev–Trinajstić information content (AvgIpc) is 3.08. The van der Waals surface area contributed by atoms with E-state index in [0.717, 1.165) is 18.7 Å². The Bertz CT molecular complexity index is 579. The minimum absolute atomic E-state index is 0.243. The predicted octanol–water partition coefficient (Wildman–Crippen LogP) is 2.51. The van der Waals surface area contributed by atoms with Gasteiger partial charge in [-0.25, -0.2) is 4.98 Å². The monoisotopic (exact) mass is 291 g/mol. The number of aryl methyl sites for hydroxylation is 1. The van der Waals surface area contributed by atoms with Crippen LogP contribution in [0.5, 0.6) is 0 Å². The molecular weight excluding hydrogens is 274 g/mol. The molecule has 1 aromatic heterocycles. The number of aliphatic hydroxyl groups is 1. The summed E-state index contributed by atoms with van der Waals surface area (Å²) >= 11 is 5.57. The van der Waals surface area contributed by atoms with Crippen molar-refractivity contribution in [3.8, 4) is 11.3 Å². The van der Waals surface area contributed by atoms with Gasteiger partial charge < -0.3 is 15.0 Å². The first-order chi connectivity index (χ1) is 9.78. The van der Waals surface area contributed by atoms with Gasteiger partial charge in [0.1, 0.15) is 5.82 Å². The van der Waals surface area contributed by atoms with E-state index >= 15 is 0 Å². The summed E-state index contributed by atoms with van der Waals surface area (Å²) in [5.74, 6) is 1.43. The number of alkyl halides is 1. The number of aromatic nitrogens is 2. The van der Waals surface area contributed by atoms with E-state index in [9.17, 15) is 5.11 Å². The Balaban J connectivity index is 1.72. The highest BCUT2D eigenvalue weighted by molar-refractivity contribution is 6.18. The van der Waals surface area contributed by atoms with Crippen molar-refractivity contribution in [2.24, 2.45) is 0 Å². The summed E-state index contributed by atoms with van der Waals surface area (Å²) in [6, 6.07) is 8.20. The lowest BCUT2D eigenvalue weighted by Gasteiger charge is -2.11. The molecule has 2 heterocycles. The van der Waals surface area contributed by atoms with Crippen molar-refractivity contribution < 1.29 is 5.11 Å². The Morgan fingerprint density at radius 1 is 1.35 bits per heavy atom. The van der Waals surface area contributed by atoms with Gasteiger partial charge in [-0.3, -0.25) is 0 Å². The third-order valence-corrected chi connectivity index (χ3v) is 3.98. The third-order valence-electron chi connectivity index (χ3n) is 3.62. The zero-order chi connectivity index (χ0) is 13.9. The van der Waals surface area contributed by atoms with Crippen LogP contribution >= 0.6 is 11.6 Å². The molecule has 1 unspecified atom stereocenters. The molecule has 1 aliphatic rings. The third kappa shape index (κ3) is 2.67. The maximum absolute atomic E-state index is 9.42. The lowest BCUT2D eigenvalue weighted by atomic mass is 10.1. The highest BCUT2D eigenvalue weighted by atomic mass is 35.5. The lowest BCUT2D eigenvalue weighted by Crippen LogP contribution is -2.20. The Morgan fingerprint density at radius 2 is 2.15 bits per heavy atom. The van der Waals surface area contributed by atoms with E-state index in [1.54, 1.807) is 0 Å². The topological polar surface area (TPSA) is 50.1 Å². The van der Waals surface area contributed by atoms with Crippen LogP contribution in [0.3, 0.4) is 0 Å². The van der Waals surface area contributed by atoms with E-state index in [1.165, 1.54) is 23.5 Å². The first kappa shape index (κ1) is 13.5. The van der Waals surface area contributed by atoms with Crippen LogP contribution in [0.15, 0.2) is 30.5 Å². The molecule has 5 heteroatoms. The summed E-state index contributed by atoms with van der Waals surface area (Å²) in [6.07, 6.45) is 3.70. The van der Waals surface area contributed by atoms with Crippen LogP contribution in [-0.2, 0) is 13.0 Å². The van der Waals surface area contributed by atoms with Crippen molar-refractivity contribution >= 4 is 17.3 Å². The van der Waals surface area contributed by atoms with Crippen molar-refractivity contribution in [1.82, 2.24) is 9.55 Å². The molecule has 0 aliphatic carbocycles. The number of nitrogens with one attached hydrogen (secondary N) is 1. The second-order valence-corrected chi connectivity index (χ2v) is 5.39. The van der Waals surface area contributed by atoms with E-state index in [-0.39, 0.29) is 5.88 Å². The van der Waals surface area contributed by atoms with Crippen molar-refractivity contribution in [3.05, 3.63) is 36.3 Å². The molecule has 3 rings (SSSR count). The number of aliphatic hydroxyl groups excluding tert-OH is 1. The molecule has 2 N–H and O–H groups in total. The summed E-state index contributed by atoms with van der Waals surface area (Å²) in [7, 11) is 0. The van der Waals surface area contributed by atoms with Gasteiger partial charge in [0.2, 0.25) is 0 Å². The molecule has 20 heavy (non-hydrogen) atoms. The number of fused-ring (bicyclic) bond motifs is 1. The van der Waals surface area contributed by atoms with Gasteiger partial charge in [0.05, 0.1) is 23.9 Å². The predicted molar refractivity (Wildman–Crippen MR) is 81.2 cm³/mol. The van der Waals surface area contributed by atoms with E-state index in [0.29, 0.717) is 6.54 Å². The van der Waals surface area contributed by atoms with Crippen molar-refractivity contribution in [2.45, 2.75) is 25.5 Å². The number of halogens is 1. The van der Waals surface area contributed by atoms with Gasteiger partial charge in [-0.2, -0.15) is 0 Å². The van der Waals surface area contributed by atoms with E-state index in [4.69, 9.17) is 11.6 Å². The Hall–Kier alpha value is -1.52. The molecule has 0 fully saturated rings. The van der Waals surface area contributed by atoms with Gasteiger partial charge in [0.25, 0.3) is 0 Å². The molecule has 0 saturated carbocycles. The van der Waals surface area contributed by atoms with Gasteiger partial charge in [-0.1, -0.05) is 12.1 Å². The maximum Gasteiger partial charge on any atom is 0.109 e. The summed E-state index contributed by atoms with van der Waals surface area (Å²) in [4.78, 5) is 4.47. The molecule has 0 saturated heterocycles. The second-order valence-electron chi connectivity index (χ2n) is 5.08. The van der Waals surface area contributed by atoms with E-state index in [1.807, 2.05) is 18.3 Å². The number of hydrogen-bond acceptors (Lipinski definition) is 3. The summed E-state index contributed by atoms with van der Waals surface area (Å²) < 4.78 is 2.29. The number of rotatable bonds is 5. The second kappa shape index (κ2) is 5.85. The fourth-order valence-electron chi connectivity index (χ4n) is 2.54. The highest BCUT2D eigenvalue weighted by Gasteiger charge is 2.16. The minimum Gasteiger partial charge on any atom is -0.390 e. The van der Waals surface area contributed by atoms with Crippen LogP contribution in [0.2, 0.25) is 0 Å². The summed E-state index contributed by atoms with van der Waals surface area (Å²) in [5, 5.41) is 12.6. The summed E-state index contributed by atoms with van der Waals surface area (Å²) in [5.41, 5.74) is 3.35. The quantitative estimate of drug-likeness (QED) is 0.832. The Kier molecular flexibility index (Phi) is 3.94. The molecule has 0 radical (unpaired) electrons. The van der Waals surface area contributed by atoms with Crippen LogP contribution in [0.25, 0.3) is 11.3 Å². The molecular formula is C15H18ClN3O. The van der Waals surface area contributed by atoms with Crippen LogP contribution in [-0.4, -0.2) is 33.2 Å². The lowest BCUT2D eigenvalue weighted by molar-refractivity contribution is 0.211. The zero-order valence-electron chi connectivity index (χ0n) is 11.2. The molecule has 4 nitrogen and oxygen atoms in total. The SMILES string of the molecule is OC(CCl)CNc1ccc(-c2cnc3n2CCC3)cc1. The van der Waals surface area contributed by atoms with Crippen molar-refractivity contribution in [2.75, 3.05) is 17.7 Å². The zero-order valence-corrected chi connectivity index (χ0v) is 12.0. The van der Waals surface area contributed by atoms with Gasteiger partial charge in [0.15, 0.2) is 0 Å². The largest absolute Gasteiger partial charge is 0.390 e. The molecule has 0 spiro atoms. The van der Waals surface area contributed by atoms with Crippen molar-refractivity contribution in [1.29, 1.82) is 0 Å². The minimum atomic E-state index is -0.519.